The number of aromatic nitrogens is 2. The van der Waals surface area contributed by atoms with Crippen LogP contribution in [0.5, 0.6) is 0 Å². The van der Waals surface area contributed by atoms with Gasteiger partial charge >= 0.3 is 12.1 Å². The molecule has 114 valence electrons. The van der Waals surface area contributed by atoms with Crippen LogP contribution in [0.3, 0.4) is 0 Å². The number of aliphatic hydroxyl groups is 1. The van der Waals surface area contributed by atoms with Crippen LogP contribution >= 0.6 is 23.1 Å². The van der Waals surface area contributed by atoms with E-state index in [1.165, 1.54) is 0 Å². The van der Waals surface area contributed by atoms with Crippen LogP contribution in [0.1, 0.15) is 15.2 Å². The molecule has 0 bridgehead atoms. The Hall–Kier alpha value is -1.39. The lowest BCUT2D eigenvalue weighted by atomic mass is 10.2. The highest BCUT2D eigenvalue weighted by Gasteiger charge is 2.38. The van der Waals surface area contributed by atoms with E-state index >= 15 is 0 Å². The van der Waals surface area contributed by atoms with Gasteiger partial charge in [-0.25, -0.2) is 14.8 Å². The van der Waals surface area contributed by atoms with E-state index < -0.39 is 24.0 Å². The first kappa shape index (κ1) is 16.0. The average Bonchev–Trinajstić information content (AvgIpc) is 2.73. The van der Waals surface area contributed by atoms with Crippen molar-refractivity contribution in [2.75, 3.05) is 5.75 Å². The fraction of sp³-hybridized carbons (Fsp3) is 0.364. The molecule has 0 saturated carbocycles. The summed E-state index contributed by atoms with van der Waals surface area (Å²) in [6.45, 7) is 1.55. The number of carboxylic acid groups (broad SMARTS) is 1. The molecule has 0 amide bonds. The van der Waals surface area contributed by atoms with Gasteiger partial charge < -0.3 is 10.2 Å². The molecule has 0 radical (unpaired) electrons. The molecule has 2 aromatic heterocycles. The molecule has 10 heteroatoms. The minimum atomic E-state index is -4.70. The standard InChI is InChI=1S/C11H9F3N2O3S2/c1-4-6-8(20-2-5(17)11(12,13)14)15-3-16-9(6)21-7(4)10(18)19/h3,5,17H,2H2,1H3,(H,18,19). The minimum absolute atomic E-state index is 0.0729. The molecule has 2 heterocycles. The lowest BCUT2D eigenvalue weighted by Gasteiger charge is -2.13. The van der Waals surface area contributed by atoms with Gasteiger partial charge in [0, 0.05) is 11.1 Å². The molecule has 2 rings (SSSR count). The molecular formula is C11H9F3N2O3S2. The summed E-state index contributed by atoms with van der Waals surface area (Å²) in [6.07, 6.45) is -6.01. The van der Waals surface area contributed by atoms with Crippen LogP contribution in [-0.2, 0) is 0 Å². The lowest BCUT2D eigenvalue weighted by Crippen LogP contribution is -2.30. The molecule has 0 saturated heterocycles. The van der Waals surface area contributed by atoms with E-state index in [1.807, 2.05) is 0 Å². The Morgan fingerprint density at radius 1 is 1.48 bits per heavy atom. The predicted molar refractivity (Wildman–Crippen MR) is 71.9 cm³/mol. The molecule has 1 unspecified atom stereocenters. The third-order valence-corrected chi connectivity index (χ3v) is 4.90. The largest absolute Gasteiger partial charge is 0.477 e. The molecule has 21 heavy (non-hydrogen) atoms. The van der Waals surface area contributed by atoms with Crippen molar-refractivity contribution in [3.63, 3.8) is 0 Å². The SMILES string of the molecule is Cc1c(C(=O)O)sc2ncnc(SCC(O)C(F)(F)F)c12. The predicted octanol–water partition coefficient (Wildman–Crippen LogP) is 2.71. The third-order valence-electron chi connectivity index (χ3n) is 2.64. The Morgan fingerprint density at radius 2 is 2.14 bits per heavy atom. The Labute approximate surface area is 124 Å². The number of aryl methyl sites for hydroxylation is 1. The second-order valence-corrected chi connectivity index (χ2v) is 6.10. The lowest BCUT2D eigenvalue weighted by molar-refractivity contribution is -0.195. The van der Waals surface area contributed by atoms with E-state index in [0.717, 1.165) is 17.7 Å². The summed E-state index contributed by atoms with van der Waals surface area (Å²) in [5, 5.41) is 18.7. The van der Waals surface area contributed by atoms with E-state index in [9.17, 15) is 18.0 Å². The van der Waals surface area contributed by atoms with Gasteiger partial charge in [-0.15, -0.1) is 23.1 Å². The Morgan fingerprint density at radius 3 is 2.71 bits per heavy atom. The molecule has 0 aliphatic heterocycles. The number of nitrogens with zero attached hydrogens (tertiary/aromatic N) is 2. The van der Waals surface area contributed by atoms with E-state index in [2.05, 4.69) is 9.97 Å². The van der Waals surface area contributed by atoms with Crippen LogP contribution in [0, 0.1) is 6.92 Å². The molecule has 0 fully saturated rings. The van der Waals surface area contributed by atoms with Crippen LogP contribution in [0.4, 0.5) is 13.2 Å². The molecule has 1 atom stereocenters. The number of halogens is 3. The normalized spacial score (nSPS) is 13.6. The maximum Gasteiger partial charge on any atom is 0.415 e. The van der Waals surface area contributed by atoms with Crippen molar-refractivity contribution in [3.05, 3.63) is 16.8 Å². The van der Waals surface area contributed by atoms with Gasteiger partial charge in [-0.1, -0.05) is 0 Å². The second kappa shape index (κ2) is 5.78. The van der Waals surface area contributed by atoms with Crippen molar-refractivity contribution in [1.82, 2.24) is 9.97 Å². The van der Waals surface area contributed by atoms with Crippen LogP contribution in [0.15, 0.2) is 11.4 Å². The number of rotatable bonds is 4. The number of thiophene rings is 1. The van der Waals surface area contributed by atoms with E-state index in [4.69, 9.17) is 10.2 Å². The van der Waals surface area contributed by atoms with Crippen molar-refractivity contribution in [2.45, 2.75) is 24.2 Å². The first-order chi connectivity index (χ1) is 9.71. The van der Waals surface area contributed by atoms with Crippen LogP contribution in [0.25, 0.3) is 10.2 Å². The highest BCUT2D eigenvalue weighted by molar-refractivity contribution is 7.99. The second-order valence-electron chi connectivity index (χ2n) is 4.09. The molecule has 0 aromatic carbocycles. The zero-order valence-corrected chi connectivity index (χ0v) is 12.1. The summed E-state index contributed by atoms with van der Waals surface area (Å²) in [5.74, 6) is -1.74. The van der Waals surface area contributed by atoms with Gasteiger partial charge in [-0.3, -0.25) is 0 Å². The first-order valence-corrected chi connectivity index (χ1v) is 7.37. The number of aromatic carboxylic acids is 1. The van der Waals surface area contributed by atoms with E-state index in [0.29, 0.717) is 27.5 Å². The molecule has 2 N–H and O–H groups in total. The summed E-state index contributed by atoms with van der Waals surface area (Å²) >= 11 is 1.65. The number of aliphatic hydroxyl groups excluding tert-OH is 1. The van der Waals surface area contributed by atoms with Gasteiger partial charge in [0.2, 0.25) is 0 Å². The van der Waals surface area contributed by atoms with Gasteiger partial charge in [-0.05, 0) is 12.5 Å². The fourth-order valence-corrected chi connectivity index (χ4v) is 3.68. The topological polar surface area (TPSA) is 83.3 Å². The first-order valence-electron chi connectivity index (χ1n) is 5.56. The monoisotopic (exact) mass is 338 g/mol. The summed E-state index contributed by atoms with van der Waals surface area (Å²) < 4.78 is 36.8. The molecule has 5 nitrogen and oxygen atoms in total. The molecule has 0 aliphatic rings. The molecule has 0 aliphatic carbocycles. The van der Waals surface area contributed by atoms with Gasteiger partial charge in [0.15, 0.2) is 6.10 Å². The number of carbonyl (C=O) groups is 1. The van der Waals surface area contributed by atoms with Crippen LogP contribution < -0.4 is 0 Å². The van der Waals surface area contributed by atoms with Crippen LogP contribution in [0.2, 0.25) is 0 Å². The zero-order valence-electron chi connectivity index (χ0n) is 10.5. The van der Waals surface area contributed by atoms with Crippen molar-refractivity contribution in [2.24, 2.45) is 0 Å². The Balaban J connectivity index is 2.35. The summed E-state index contributed by atoms with van der Waals surface area (Å²) in [6, 6.07) is 0. The Bertz CT molecular complexity index is 687. The molecular weight excluding hydrogens is 329 g/mol. The summed E-state index contributed by atoms with van der Waals surface area (Å²) in [7, 11) is 0. The van der Waals surface area contributed by atoms with Crippen molar-refractivity contribution in [3.8, 4) is 0 Å². The van der Waals surface area contributed by atoms with Gasteiger partial charge in [-0.2, -0.15) is 13.2 Å². The van der Waals surface area contributed by atoms with Gasteiger partial charge in [0.25, 0.3) is 0 Å². The number of hydrogen-bond donors (Lipinski definition) is 2. The summed E-state index contributed by atoms with van der Waals surface area (Å²) in [5.41, 5.74) is 0.409. The highest BCUT2D eigenvalue weighted by Crippen LogP contribution is 2.36. The molecule has 2 aromatic rings. The minimum Gasteiger partial charge on any atom is -0.477 e. The maximum absolute atomic E-state index is 12.3. The summed E-state index contributed by atoms with van der Waals surface area (Å²) in [4.78, 5) is 19.3. The molecule has 0 spiro atoms. The quantitative estimate of drug-likeness (QED) is 0.659. The average molecular weight is 338 g/mol. The van der Waals surface area contributed by atoms with Crippen molar-refractivity contribution < 1.29 is 28.2 Å². The van der Waals surface area contributed by atoms with Crippen LogP contribution in [-0.4, -0.2) is 44.2 Å². The zero-order chi connectivity index (χ0) is 15.8. The number of hydrogen-bond acceptors (Lipinski definition) is 6. The number of fused-ring (bicyclic) bond motifs is 1. The highest BCUT2D eigenvalue weighted by atomic mass is 32.2. The van der Waals surface area contributed by atoms with E-state index in [-0.39, 0.29) is 9.90 Å². The van der Waals surface area contributed by atoms with Gasteiger partial charge in [0.1, 0.15) is 21.1 Å². The smallest absolute Gasteiger partial charge is 0.415 e. The van der Waals surface area contributed by atoms with E-state index in [1.54, 1.807) is 6.92 Å². The number of thioether (sulfide) groups is 1. The number of carboxylic acids is 1. The van der Waals surface area contributed by atoms with Crippen molar-refractivity contribution in [1.29, 1.82) is 0 Å². The third kappa shape index (κ3) is 3.27. The number of alkyl halides is 3. The fourth-order valence-electron chi connectivity index (χ4n) is 1.61. The maximum atomic E-state index is 12.3. The van der Waals surface area contributed by atoms with Crippen molar-refractivity contribution >= 4 is 39.3 Å². The Kier molecular flexibility index (Phi) is 4.40. The van der Waals surface area contributed by atoms with Gasteiger partial charge in [0.05, 0.1) is 0 Å².